The summed E-state index contributed by atoms with van der Waals surface area (Å²) in [6.07, 6.45) is 0. The van der Waals surface area contributed by atoms with Gasteiger partial charge in [0.05, 0.1) is 13.2 Å². The Morgan fingerprint density at radius 2 is 1.67 bits per heavy atom. The van der Waals surface area contributed by atoms with E-state index in [1.165, 1.54) is 0 Å². The van der Waals surface area contributed by atoms with E-state index in [1.54, 1.807) is 0 Å². The van der Waals surface area contributed by atoms with Gasteiger partial charge in [0.2, 0.25) is 0 Å². The maximum atomic E-state index is 8.77. The molecule has 1 heterocycles. The normalized spacial score (nSPS) is 15.7. The van der Waals surface area contributed by atoms with Crippen molar-refractivity contribution in [2.45, 2.75) is 0 Å². The van der Waals surface area contributed by atoms with Crippen LogP contribution >= 0.6 is 0 Å². The van der Waals surface area contributed by atoms with E-state index >= 15 is 0 Å². The second-order valence-corrected chi connectivity index (χ2v) is 4.90. The van der Waals surface area contributed by atoms with Crippen LogP contribution in [-0.2, 0) is 4.74 Å². The van der Waals surface area contributed by atoms with Gasteiger partial charge in [0.25, 0.3) is 0 Å². The van der Waals surface area contributed by atoms with Crippen LogP contribution in [0, 0.1) is 23.7 Å². The molecule has 1 N–H and O–H groups in total. The highest BCUT2D eigenvalue weighted by atomic mass is 35.5. The van der Waals surface area contributed by atoms with Crippen LogP contribution in [0.15, 0.2) is 30.3 Å². The van der Waals surface area contributed by atoms with E-state index in [-0.39, 0.29) is 19.0 Å². The fourth-order valence-electron chi connectivity index (χ4n) is 2.21. The summed E-state index contributed by atoms with van der Waals surface area (Å²) in [4.78, 5) is 0. The first-order chi connectivity index (χ1) is 9.85. The summed E-state index contributed by atoms with van der Waals surface area (Å²) < 4.78 is 6.27. The smallest absolute Gasteiger partial charge is 0.142 e. The molecule has 0 unspecified atom stereocenters. The number of ether oxygens (including phenoxy) is 1. The Hall–Kier alpha value is -1.49. The lowest BCUT2D eigenvalue weighted by Gasteiger charge is -2.38. The number of rotatable bonds is 2. The molecular weight excluding hydrogens is 286 g/mol. The zero-order valence-electron chi connectivity index (χ0n) is 12.0. The van der Waals surface area contributed by atoms with Gasteiger partial charge in [-0.25, -0.2) is 0 Å². The van der Waals surface area contributed by atoms with Crippen molar-refractivity contribution in [2.24, 2.45) is 0 Å². The van der Waals surface area contributed by atoms with E-state index in [2.05, 4.69) is 23.7 Å². The molecular formula is C17H20ClNO2. The SMILES string of the molecule is OCC#CC[N+]1(CC#Cc2ccccc2)CCOCC1.[Cl-]. The van der Waals surface area contributed by atoms with E-state index in [1.807, 2.05) is 30.3 Å². The molecule has 0 spiro atoms. The Bertz CT molecular complexity index is 531. The minimum atomic E-state index is -0.0772. The Kier molecular flexibility index (Phi) is 7.90. The van der Waals surface area contributed by atoms with Gasteiger partial charge < -0.3 is 22.3 Å². The zero-order valence-corrected chi connectivity index (χ0v) is 12.8. The van der Waals surface area contributed by atoms with Gasteiger partial charge >= 0.3 is 0 Å². The summed E-state index contributed by atoms with van der Waals surface area (Å²) in [7, 11) is 0. The van der Waals surface area contributed by atoms with Crippen LogP contribution in [0.25, 0.3) is 0 Å². The quantitative estimate of drug-likeness (QED) is 0.500. The number of hydrogen-bond acceptors (Lipinski definition) is 2. The second kappa shape index (κ2) is 9.45. The van der Waals surface area contributed by atoms with Crippen LogP contribution in [-0.4, -0.2) is 55.6 Å². The third-order valence-electron chi connectivity index (χ3n) is 3.46. The molecule has 4 heteroatoms. The molecule has 0 atom stereocenters. The summed E-state index contributed by atoms with van der Waals surface area (Å²) in [6, 6.07) is 10.0. The van der Waals surface area contributed by atoms with Gasteiger partial charge in [0.15, 0.2) is 0 Å². The van der Waals surface area contributed by atoms with E-state index < -0.39 is 0 Å². The first-order valence-electron chi connectivity index (χ1n) is 6.88. The van der Waals surface area contributed by atoms with Crippen molar-refractivity contribution in [1.29, 1.82) is 0 Å². The number of hydrogen-bond donors (Lipinski definition) is 1. The van der Waals surface area contributed by atoms with Gasteiger partial charge in [-0.15, -0.1) is 0 Å². The van der Waals surface area contributed by atoms with Crippen LogP contribution in [0.5, 0.6) is 0 Å². The Balaban J connectivity index is 0.00000220. The number of quaternary nitrogens is 1. The molecule has 0 aliphatic carbocycles. The molecule has 21 heavy (non-hydrogen) atoms. The maximum absolute atomic E-state index is 8.77. The average Bonchev–Trinajstić information content (AvgIpc) is 2.50. The van der Waals surface area contributed by atoms with Crippen LogP contribution < -0.4 is 12.4 Å². The Morgan fingerprint density at radius 1 is 1.00 bits per heavy atom. The molecule has 0 saturated carbocycles. The zero-order chi connectivity index (χ0) is 14.1. The predicted molar refractivity (Wildman–Crippen MR) is 78.7 cm³/mol. The van der Waals surface area contributed by atoms with Crippen LogP contribution in [0.3, 0.4) is 0 Å². The van der Waals surface area contributed by atoms with Crippen molar-refractivity contribution in [3.8, 4) is 23.7 Å². The highest BCUT2D eigenvalue weighted by Gasteiger charge is 2.28. The molecule has 112 valence electrons. The molecule has 1 aliphatic heterocycles. The van der Waals surface area contributed by atoms with Gasteiger partial charge in [-0.05, 0) is 24.0 Å². The molecule has 0 aromatic heterocycles. The number of aliphatic hydroxyl groups is 1. The first-order valence-corrected chi connectivity index (χ1v) is 6.88. The lowest BCUT2D eigenvalue weighted by molar-refractivity contribution is -0.922. The maximum Gasteiger partial charge on any atom is 0.142 e. The van der Waals surface area contributed by atoms with Crippen molar-refractivity contribution < 1.29 is 26.7 Å². The standard InChI is InChI=1S/C17H20NO2.ClH/c19-14-5-4-10-18(12-15-20-16-13-18)11-6-9-17-7-2-1-3-8-17;/h1-3,7-8,19H,10-16H2;1H/q+1;/p-1. The lowest BCUT2D eigenvalue weighted by Crippen LogP contribution is -3.00. The predicted octanol–water partition coefficient (Wildman–Crippen LogP) is -2.12. The van der Waals surface area contributed by atoms with Gasteiger partial charge in [0, 0.05) is 5.56 Å². The number of halogens is 1. The number of benzene rings is 1. The molecule has 0 bridgehead atoms. The third-order valence-corrected chi connectivity index (χ3v) is 3.46. The second-order valence-electron chi connectivity index (χ2n) is 4.90. The highest BCUT2D eigenvalue weighted by Crippen LogP contribution is 2.10. The molecule has 1 saturated heterocycles. The summed E-state index contributed by atoms with van der Waals surface area (Å²) in [5.74, 6) is 12.3. The number of morpholine rings is 1. The molecule has 1 fully saturated rings. The monoisotopic (exact) mass is 305 g/mol. The van der Waals surface area contributed by atoms with Crippen LogP contribution in [0.1, 0.15) is 5.56 Å². The third kappa shape index (κ3) is 5.79. The van der Waals surface area contributed by atoms with E-state index in [4.69, 9.17) is 9.84 Å². The van der Waals surface area contributed by atoms with E-state index in [0.717, 1.165) is 49.4 Å². The number of nitrogens with zero attached hydrogens (tertiary/aromatic N) is 1. The highest BCUT2D eigenvalue weighted by molar-refractivity contribution is 5.33. The summed E-state index contributed by atoms with van der Waals surface area (Å²) in [5.41, 5.74) is 1.04. The minimum absolute atomic E-state index is 0. The summed E-state index contributed by atoms with van der Waals surface area (Å²) in [5, 5.41) is 8.77. The largest absolute Gasteiger partial charge is 1.00 e. The molecule has 1 aliphatic rings. The molecule has 2 rings (SSSR count). The van der Waals surface area contributed by atoms with Crippen molar-refractivity contribution >= 4 is 0 Å². The van der Waals surface area contributed by atoms with E-state index in [9.17, 15) is 0 Å². The molecule has 3 nitrogen and oxygen atoms in total. The number of aliphatic hydroxyl groups excluding tert-OH is 1. The summed E-state index contributed by atoms with van der Waals surface area (Å²) in [6.45, 7) is 4.81. The van der Waals surface area contributed by atoms with Crippen molar-refractivity contribution in [2.75, 3.05) is 46.0 Å². The van der Waals surface area contributed by atoms with Gasteiger partial charge in [-0.1, -0.05) is 30.0 Å². The van der Waals surface area contributed by atoms with Crippen molar-refractivity contribution in [3.63, 3.8) is 0 Å². The van der Waals surface area contributed by atoms with E-state index in [0.29, 0.717) is 0 Å². The molecule has 0 radical (unpaired) electrons. The Labute approximate surface area is 132 Å². The first kappa shape index (κ1) is 17.6. The lowest BCUT2D eigenvalue weighted by atomic mass is 10.2. The minimum Gasteiger partial charge on any atom is -1.00 e. The fourth-order valence-corrected chi connectivity index (χ4v) is 2.21. The Morgan fingerprint density at radius 3 is 2.33 bits per heavy atom. The molecule has 1 aromatic carbocycles. The fraction of sp³-hybridized carbons (Fsp3) is 0.412. The average molecular weight is 306 g/mol. The summed E-state index contributed by atoms with van der Waals surface area (Å²) >= 11 is 0. The van der Waals surface area contributed by atoms with Crippen molar-refractivity contribution in [3.05, 3.63) is 35.9 Å². The van der Waals surface area contributed by atoms with Crippen molar-refractivity contribution in [1.82, 2.24) is 0 Å². The topological polar surface area (TPSA) is 29.5 Å². The van der Waals surface area contributed by atoms with Gasteiger partial charge in [-0.2, -0.15) is 0 Å². The van der Waals surface area contributed by atoms with Gasteiger partial charge in [-0.3, -0.25) is 4.48 Å². The van der Waals surface area contributed by atoms with Crippen LogP contribution in [0.4, 0.5) is 0 Å². The molecule has 0 amide bonds. The molecule has 1 aromatic rings. The van der Waals surface area contributed by atoms with Crippen LogP contribution in [0.2, 0.25) is 0 Å². The van der Waals surface area contributed by atoms with Gasteiger partial charge in [0.1, 0.15) is 32.8 Å².